The molecule has 0 unspecified atom stereocenters. The van der Waals surface area contributed by atoms with Gasteiger partial charge in [-0.25, -0.2) is 4.39 Å². The molecule has 158 valence electrons. The van der Waals surface area contributed by atoms with E-state index < -0.39 is 18.0 Å². The summed E-state index contributed by atoms with van der Waals surface area (Å²) in [4.78, 5) is 1.33. The normalized spacial score (nSPS) is 18.3. The van der Waals surface area contributed by atoms with Gasteiger partial charge in [0.1, 0.15) is 17.9 Å². The predicted octanol–water partition coefficient (Wildman–Crippen LogP) is 6.24. The first-order chi connectivity index (χ1) is 14.3. The molecule has 1 aliphatic heterocycles. The lowest BCUT2D eigenvalue weighted by molar-refractivity contribution is -0.174. The van der Waals surface area contributed by atoms with Crippen molar-refractivity contribution in [3.05, 3.63) is 53.0 Å². The van der Waals surface area contributed by atoms with Gasteiger partial charge in [-0.05, 0) is 56.4 Å². The largest absolute Gasteiger partial charge is 0.408 e. The van der Waals surface area contributed by atoms with Gasteiger partial charge in [-0.3, -0.25) is 0 Å². The lowest BCUT2D eigenvalue weighted by Crippen LogP contribution is -2.45. The van der Waals surface area contributed by atoms with Crippen LogP contribution in [0.3, 0.4) is 0 Å². The molecule has 2 aliphatic rings. The maximum Gasteiger partial charge on any atom is 0.408 e. The van der Waals surface area contributed by atoms with Gasteiger partial charge >= 0.3 is 6.18 Å². The summed E-state index contributed by atoms with van der Waals surface area (Å²) in [5.74, 6) is -0.424. The van der Waals surface area contributed by atoms with Crippen molar-refractivity contribution in [2.45, 2.75) is 57.8 Å². The van der Waals surface area contributed by atoms with Crippen LogP contribution >= 0.6 is 0 Å². The van der Waals surface area contributed by atoms with Crippen LogP contribution in [0.1, 0.15) is 55.5 Å². The van der Waals surface area contributed by atoms with Gasteiger partial charge in [0.2, 0.25) is 0 Å². The average Bonchev–Trinajstić information content (AvgIpc) is 2.94. The van der Waals surface area contributed by atoms with Gasteiger partial charge in [-0.1, -0.05) is 19.1 Å². The third-order valence-corrected chi connectivity index (χ3v) is 6.22. The Morgan fingerprint density at radius 2 is 2.00 bits per heavy atom. The number of allylic oxidation sites excluding steroid dienone is 2. The van der Waals surface area contributed by atoms with Crippen LogP contribution in [-0.4, -0.2) is 28.2 Å². The van der Waals surface area contributed by atoms with E-state index in [1.165, 1.54) is 17.9 Å². The van der Waals surface area contributed by atoms with Crippen molar-refractivity contribution in [2.75, 3.05) is 6.54 Å². The van der Waals surface area contributed by atoms with Crippen molar-refractivity contribution in [3.63, 3.8) is 0 Å². The van der Waals surface area contributed by atoms with Gasteiger partial charge in [0, 0.05) is 18.0 Å². The molecule has 2 heterocycles. The molecule has 0 saturated heterocycles. The highest BCUT2D eigenvalue weighted by molar-refractivity contribution is 5.93. The number of hydrogen-bond donors (Lipinski definition) is 0. The number of aryl methyl sites for hydroxylation is 1. The highest BCUT2D eigenvalue weighted by Crippen LogP contribution is 2.44. The summed E-state index contributed by atoms with van der Waals surface area (Å²) in [7, 11) is 0. The van der Waals surface area contributed by atoms with Gasteiger partial charge < -0.3 is 9.47 Å². The molecule has 4 rings (SSSR count). The Labute approximate surface area is 172 Å². The second-order valence-corrected chi connectivity index (χ2v) is 8.01. The smallest absolute Gasteiger partial charge is 0.354 e. The van der Waals surface area contributed by atoms with E-state index in [1.807, 2.05) is 4.57 Å². The van der Waals surface area contributed by atoms with Crippen LogP contribution in [0.2, 0.25) is 0 Å². The number of aromatic nitrogens is 1. The number of alkyl halides is 3. The first kappa shape index (κ1) is 20.5. The van der Waals surface area contributed by atoms with Crippen LogP contribution in [-0.2, 0) is 0 Å². The van der Waals surface area contributed by atoms with Crippen LogP contribution in [0.15, 0.2) is 30.4 Å². The van der Waals surface area contributed by atoms with Crippen LogP contribution in [0.5, 0.6) is 0 Å². The molecule has 1 fully saturated rings. The second-order valence-electron chi connectivity index (χ2n) is 8.01. The molecule has 7 heteroatoms. The summed E-state index contributed by atoms with van der Waals surface area (Å²) < 4.78 is 57.8. The number of halogens is 4. The summed E-state index contributed by atoms with van der Waals surface area (Å²) >= 11 is 0. The molecule has 1 aromatic heterocycles. The maximum atomic E-state index is 14.4. The monoisotopic (exact) mass is 417 g/mol. The molecule has 1 aliphatic carbocycles. The molecule has 1 saturated carbocycles. The van der Waals surface area contributed by atoms with E-state index in [4.69, 9.17) is 0 Å². The predicted molar refractivity (Wildman–Crippen MR) is 108 cm³/mol. The van der Waals surface area contributed by atoms with Crippen molar-refractivity contribution in [1.29, 1.82) is 5.26 Å². The third kappa shape index (κ3) is 3.19. The van der Waals surface area contributed by atoms with E-state index in [0.717, 1.165) is 19.3 Å². The fraction of sp³-hybridized carbons (Fsp3) is 0.435. The van der Waals surface area contributed by atoms with Gasteiger partial charge in [-0.15, -0.1) is 0 Å². The number of fused-ring (bicyclic) bond motifs is 1. The van der Waals surface area contributed by atoms with Crippen molar-refractivity contribution < 1.29 is 17.6 Å². The van der Waals surface area contributed by atoms with E-state index >= 15 is 0 Å². The summed E-state index contributed by atoms with van der Waals surface area (Å²) in [6.45, 7) is 3.28. The number of nitriles is 1. The number of nitrogens with zero attached hydrogens (tertiary/aromatic N) is 3. The van der Waals surface area contributed by atoms with Gasteiger partial charge in [-0.2, -0.15) is 18.4 Å². The number of hydrogen-bond acceptors (Lipinski definition) is 2. The summed E-state index contributed by atoms with van der Waals surface area (Å²) in [6.07, 6.45) is 3.35. The standard InChI is InChI=1S/C23H23F4N3/c1-3-21(23(25,26)27)29-10-5-4-9-19(29)22-17(13-28)16-12-18(24)14(2)11-20(16)30(22)15-7-6-8-15/h4-5,9,11-12,15,21H,3,6-8,10H2,1-2H3/t21-/m0/s1. The molecule has 0 amide bonds. The Balaban J connectivity index is 2.00. The average molecular weight is 417 g/mol. The van der Waals surface area contributed by atoms with E-state index in [0.29, 0.717) is 27.9 Å². The van der Waals surface area contributed by atoms with E-state index in [2.05, 4.69) is 6.07 Å². The van der Waals surface area contributed by atoms with Crippen molar-refractivity contribution in [2.24, 2.45) is 0 Å². The van der Waals surface area contributed by atoms with Crippen molar-refractivity contribution in [1.82, 2.24) is 9.47 Å². The minimum Gasteiger partial charge on any atom is -0.354 e. The van der Waals surface area contributed by atoms with Crippen molar-refractivity contribution >= 4 is 16.6 Å². The quantitative estimate of drug-likeness (QED) is 0.552. The maximum absolute atomic E-state index is 14.4. The Bertz CT molecular complexity index is 1080. The fourth-order valence-electron chi connectivity index (χ4n) is 4.49. The first-order valence-electron chi connectivity index (χ1n) is 10.2. The zero-order valence-electron chi connectivity index (χ0n) is 16.9. The zero-order chi connectivity index (χ0) is 21.6. The minimum atomic E-state index is -4.40. The fourth-order valence-corrected chi connectivity index (χ4v) is 4.49. The van der Waals surface area contributed by atoms with Crippen molar-refractivity contribution in [3.8, 4) is 6.07 Å². The summed E-state index contributed by atoms with van der Waals surface area (Å²) in [6, 6.07) is 3.64. The molecule has 0 spiro atoms. The SMILES string of the molecule is CC[C@H](N1CC=CC=C1c1c(C#N)c2cc(F)c(C)cc2n1C1CCC1)C(F)(F)F. The van der Waals surface area contributed by atoms with Crippen LogP contribution < -0.4 is 0 Å². The molecule has 1 aromatic carbocycles. The molecule has 3 nitrogen and oxygen atoms in total. The van der Waals surface area contributed by atoms with Gasteiger partial charge in [0.05, 0.1) is 22.5 Å². The Hall–Kier alpha value is -2.75. The molecule has 0 N–H and O–H groups in total. The number of rotatable bonds is 4. The molecular formula is C23H23F4N3. The highest BCUT2D eigenvalue weighted by atomic mass is 19.4. The number of benzene rings is 1. The Kier molecular flexibility index (Phi) is 5.13. The summed E-state index contributed by atoms with van der Waals surface area (Å²) in [5.41, 5.74) is 2.24. The van der Waals surface area contributed by atoms with Gasteiger partial charge in [0.25, 0.3) is 0 Å². The third-order valence-electron chi connectivity index (χ3n) is 6.22. The first-order valence-corrected chi connectivity index (χ1v) is 10.2. The minimum absolute atomic E-state index is 0.0917. The lowest BCUT2D eigenvalue weighted by Gasteiger charge is -2.38. The second kappa shape index (κ2) is 7.50. The Morgan fingerprint density at radius 1 is 1.27 bits per heavy atom. The van der Waals surface area contributed by atoms with E-state index in [9.17, 15) is 22.8 Å². The van der Waals surface area contributed by atoms with Gasteiger partial charge in [0.15, 0.2) is 0 Å². The highest BCUT2D eigenvalue weighted by Gasteiger charge is 2.44. The van der Waals surface area contributed by atoms with E-state index in [-0.39, 0.29) is 24.6 Å². The van der Waals surface area contributed by atoms with Crippen LogP contribution in [0, 0.1) is 24.1 Å². The topological polar surface area (TPSA) is 32.0 Å². The lowest BCUT2D eigenvalue weighted by atomic mass is 9.92. The Morgan fingerprint density at radius 3 is 2.57 bits per heavy atom. The van der Waals surface area contributed by atoms with Crippen LogP contribution in [0.25, 0.3) is 16.6 Å². The van der Waals surface area contributed by atoms with E-state index in [1.54, 1.807) is 31.2 Å². The molecule has 1 atom stereocenters. The van der Waals surface area contributed by atoms with Crippen LogP contribution in [0.4, 0.5) is 17.6 Å². The molecule has 0 radical (unpaired) electrons. The molecule has 0 bridgehead atoms. The zero-order valence-corrected chi connectivity index (χ0v) is 16.9. The molecule has 30 heavy (non-hydrogen) atoms. The summed E-state index contributed by atoms with van der Waals surface area (Å²) in [5, 5.41) is 10.4. The molecule has 2 aromatic rings. The molecular weight excluding hydrogens is 394 g/mol.